The van der Waals surface area contributed by atoms with Gasteiger partial charge in [-0.05, 0) is 63.1 Å². The van der Waals surface area contributed by atoms with Crippen molar-refractivity contribution in [2.24, 2.45) is 0 Å². The number of rotatable bonds is 5. The maximum Gasteiger partial charge on any atom is 0.344 e. The molecular formula is C32H21NO4S. The Balaban J connectivity index is 1.25. The van der Waals surface area contributed by atoms with E-state index in [0.717, 1.165) is 38.9 Å². The highest BCUT2D eigenvalue weighted by Gasteiger charge is 2.35. The largest absolute Gasteiger partial charge is 0.422 e. The van der Waals surface area contributed by atoms with Gasteiger partial charge in [0.15, 0.2) is 0 Å². The summed E-state index contributed by atoms with van der Waals surface area (Å²) in [5.74, 6) is -0.554. The lowest BCUT2D eigenvalue weighted by molar-refractivity contribution is -0.123. The fraction of sp³-hybridized carbons (Fsp3) is 0.0312. The van der Waals surface area contributed by atoms with Crippen molar-refractivity contribution in [3.05, 3.63) is 131 Å². The van der Waals surface area contributed by atoms with Crippen LogP contribution < -0.4 is 4.74 Å². The zero-order valence-corrected chi connectivity index (χ0v) is 21.0. The van der Waals surface area contributed by atoms with Gasteiger partial charge in [0.05, 0.1) is 17.0 Å². The number of carbonyl (C=O) groups is 3. The molecule has 1 saturated heterocycles. The molecule has 0 aromatic heterocycles. The molecule has 0 atom stereocenters. The summed E-state index contributed by atoms with van der Waals surface area (Å²) in [6.07, 6.45) is 1.61. The Bertz CT molecular complexity index is 1770. The predicted octanol–water partition coefficient (Wildman–Crippen LogP) is 7.45. The van der Waals surface area contributed by atoms with Gasteiger partial charge in [0.25, 0.3) is 11.1 Å². The smallest absolute Gasteiger partial charge is 0.344 e. The van der Waals surface area contributed by atoms with Gasteiger partial charge in [-0.1, -0.05) is 91.0 Å². The van der Waals surface area contributed by atoms with Crippen LogP contribution in [-0.4, -0.2) is 22.0 Å². The van der Waals surface area contributed by atoms with E-state index in [2.05, 4.69) is 0 Å². The number of hydrogen-bond acceptors (Lipinski definition) is 5. The molecular weight excluding hydrogens is 494 g/mol. The topological polar surface area (TPSA) is 63.7 Å². The van der Waals surface area contributed by atoms with E-state index in [4.69, 9.17) is 4.74 Å². The Morgan fingerprint density at radius 2 is 1.47 bits per heavy atom. The average Bonchev–Trinajstić information content (AvgIpc) is 3.21. The molecule has 0 unspecified atom stereocenters. The van der Waals surface area contributed by atoms with Crippen LogP contribution in [0.5, 0.6) is 5.75 Å². The maximum absolute atomic E-state index is 13.2. The predicted molar refractivity (Wildman–Crippen MR) is 151 cm³/mol. The molecule has 2 amide bonds. The first-order valence-corrected chi connectivity index (χ1v) is 12.9. The number of carbonyl (C=O) groups excluding carboxylic acids is 3. The van der Waals surface area contributed by atoms with Crippen LogP contribution in [0, 0.1) is 0 Å². The molecule has 1 aliphatic heterocycles. The average molecular weight is 516 g/mol. The van der Waals surface area contributed by atoms with Crippen molar-refractivity contribution in [2.45, 2.75) is 6.54 Å². The third kappa shape index (κ3) is 4.58. The molecule has 1 fully saturated rings. The Morgan fingerprint density at radius 3 is 2.34 bits per heavy atom. The van der Waals surface area contributed by atoms with Gasteiger partial charge >= 0.3 is 5.97 Å². The van der Waals surface area contributed by atoms with Crippen molar-refractivity contribution in [2.75, 3.05) is 0 Å². The molecule has 0 spiro atoms. The first kappa shape index (κ1) is 23.7. The zero-order valence-electron chi connectivity index (χ0n) is 20.2. The molecule has 5 aromatic carbocycles. The fourth-order valence-electron chi connectivity index (χ4n) is 4.55. The molecule has 6 rings (SSSR count). The molecule has 0 N–H and O–H groups in total. The van der Waals surface area contributed by atoms with Crippen molar-refractivity contribution >= 4 is 56.5 Å². The van der Waals surface area contributed by atoms with E-state index in [0.29, 0.717) is 16.9 Å². The molecule has 5 aromatic rings. The van der Waals surface area contributed by atoms with Crippen LogP contribution in [0.15, 0.2) is 114 Å². The molecule has 184 valence electrons. The molecule has 6 heteroatoms. The van der Waals surface area contributed by atoms with Crippen molar-refractivity contribution in [1.29, 1.82) is 0 Å². The summed E-state index contributed by atoms with van der Waals surface area (Å²) in [7, 11) is 0. The molecule has 0 saturated carbocycles. The number of esters is 1. The van der Waals surface area contributed by atoms with Gasteiger partial charge < -0.3 is 4.74 Å². The lowest BCUT2D eigenvalue weighted by atomic mass is 10.0. The molecule has 0 bridgehead atoms. The lowest BCUT2D eigenvalue weighted by Crippen LogP contribution is -2.27. The van der Waals surface area contributed by atoms with Gasteiger partial charge in [0, 0.05) is 5.56 Å². The fourth-order valence-corrected chi connectivity index (χ4v) is 5.38. The van der Waals surface area contributed by atoms with Crippen LogP contribution in [0.3, 0.4) is 0 Å². The quantitative estimate of drug-likeness (QED) is 0.138. The monoisotopic (exact) mass is 515 g/mol. The second-order valence-corrected chi connectivity index (χ2v) is 9.90. The molecule has 1 heterocycles. The van der Waals surface area contributed by atoms with Gasteiger partial charge in [-0.25, -0.2) is 4.79 Å². The summed E-state index contributed by atoms with van der Waals surface area (Å²) in [6.45, 7) is 0.185. The van der Waals surface area contributed by atoms with Gasteiger partial charge in [-0.15, -0.1) is 0 Å². The van der Waals surface area contributed by atoms with E-state index in [-0.39, 0.29) is 22.6 Å². The number of nitrogens with zero attached hydrogens (tertiary/aromatic N) is 1. The first-order chi connectivity index (χ1) is 18.6. The second-order valence-electron chi connectivity index (χ2n) is 8.90. The SMILES string of the molecule is O=C(Oc1ccccc1/C=C1\SC(=O)N(Cc2ccc3ccccc3c2)C1=O)c1cccc2ccccc12. The van der Waals surface area contributed by atoms with Crippen LogP contribution in [0.25, 0.3) is 27.6 Å². The Morgan fingerprint density at radius 1 is 0.763 bits per heavy atom. The maximum atomic E-state index is 13.2. The van der Waals surface area contributed by atoms with E-state index in [1.165, 1.54) is 4.90 Å². The number of hydrogen-bond donors (Lipinski definition) is 0. The molecule has 38 heavy (non-hydrogen) atoms. The standard InChI is InChI=1S/C32H21NO4S/c34-30-29(38-32(36)33(30)20-21-16-17-22-8-1-2-10-24(22)18-21)19-25-11-4-6-15-28(25)37-31(35)27-14-7-12-23-9-3-5-13-26(23)27/h1-19H,20H2/b29-19-. The van der Waals surface area contributed by atoms with Crippen LogP contribution in [0.4, 0.5) is 4.79 Å². The van der Waals surface area contributed by atoms with Crippen molar-refractivity contribution in [1.82, 2.24) is 4.90 Å². The minimum Gasteiger partial charge on any atom is -0.422 e. The van der Waals surface area contributed by atoms with E-state index in [9.17, 15) is 14.4 Å². The highest BCUT2D eigenvalue weighted by Crippen LogP contribution is 2.35. The van der Waals surface area contributed by atoms with Gasteiger partial charge in [-0.3, -0.25) is 14.5 Å². The van der Waals surface area contributed by atoms with Crippen molar-refractivity contribution < 1.29 is 19.1 Å². The number of amides is 2. The molecule has 0 aliphatic carbocycles. The third-order valence-electron chi connectivity index (χ3n) is 6.45. The summed E-state index contributed by atoms with van der Waals surface area (Å²) in [5, 5.41) is 3.55. The van der Waals surface area contributed by atoms with E-state index in [1.54, 1.807) is 36.4 Å². The summed E-state index contributed by atoms with van der Waals surface area (Å²) < 4.78 is 5.77. The zero-order chi connectivity index (χ0) is 26.1. The number of ether oxygens (including phenoxy) is 1. The Kier molecular flexibility index (Phi) is 6.23. The number of benzene rings is 5. The van der Waals surface area contributed by atoms with Crippen molar-refractivity contribution in [3.63, 3.8) is 0 Å². The number of fused-ring (bicyclic) bond motifs is 2. The number of imide groups is 1. The summed E-state index contributed by atoms with van der Waals surface area (Å²) in [5.41, 5.74) is 1.86. The van der Waals surface area contributed by atoms with Gasteiger partial charge in [0.2, 0.25) is 0 Å². The molecule has 0 radical (unpaired) electrons. The molecule has 1 aliphatic rings. The Hall–Kier alpha value is -4.68. The van der Waals surface area contributed by atoms with Crippen LogP contribution in [-0.2, 0) is 11.3 Å². The minimum absolute atomic E-state index is 0.185. The normalized spacial score (nSPS) is 14.5. The second kappa shape index (κ2) is 10.00. The lowest BCUT2D eigenvalue weighted by Gasteiger charge is -2.13. The summed E-state index contributed by atoms with van der Waals surface area (Å²) in [6, 6.07) is 33.9. The van der Waals surface area contributed by atoms with Crippen LogP contribution in [0.2, 0.25) is 0 Å². The molecule has 5 nitrogen and oxygen atoms in total. The van der Waals surface area contributed by atoms with E-state index in [1.807, 2.05) is 78.9 Å². The minimum atomic E-state index is -0.493. The number of para-hydroxylation sites is 1. The highest BCUT2D eigenvalue weighted by molar-refractivity contribution is 8.18. The number of thioether (sulfide) groups is 1. The van der Waals surface area contributed by atoms with E-state index < -0.39 is 5.97 Å². The van der Waals surface area contributed by atoms with Crippen LogP contribution >= 0.6 is 11.8 Å². The van der Waals surface area contributed by atoms with Crippen LogP contribution in [0.1, 0.15) is 21.5 Å². The Labute approximate surface area is 223 Å². The summed E-state index contributed by atoms with van der Waals surface area (Å²) in [4.78, 5) is 40.6. The highest BCUT2D eigenvalue weighted by atomic mass is 32.2. The van der Waals surface area contributed by atoms with E-state index >= 15 is 0 Å². The van der Waals surface area contributed by atoms with Gasteiger partial charge in [0.1, 0.15) is 5.75 Å². The first-order valence-electron chi connectivity index (χ1n) is 12.1. The third-order valence-corrected chi connectivity index (χ3v) is 7.35. The summed E-state index contributed by atoms with van der Waals surface area (Å²) >= 11 is 0.883. The van der Waals surface area contributed by atoms with Crippen molar-refractivity contribution in [3.8, 4) is 5.75 Å². The van der Waals surface area contributed by atoms with Gasteiger partial charge in [-0.2, -0.15) is 0 Å².